The van der Waals surface area contributed by atoms with Crippen LogP contribution in [0.1, 0.15) is 18.5 Å². The Kier molecular flexibility index (Phi) is 5.27. The summed E-state index contributed by atoms with van der Waals surface area (Å²) >= 11 is 0. The molecule has 6 heteroatoms. The Morgan fingerprint density at radius 3 is 2.62 bits per heavy atom. The number of ether oxygens (including phenoxy) is 3. The number of carbonyl (C=O) groups is 1. The van der Waals surface area contributed by atoms with Crippen LogP contribution in [-0.4, -0.2) is 51.5 Å². The SMILES string of the molecule is COc1ccc(C(C)NC(=O)N2CCOCC2)c(OC)c1. The molecule has 0 aromatic heterocycles. The van der Waals surface area contributed by atoms with Gasteiger partial charge in [0, 0.05) is 24.7 Å². The van der Waals surface area contributed by atoms with Crippen LogP contribution in [0.15, 0.2) is 18.2 Å². The van der Waals surface area contributed by atoms with Crippen LogP contribution in [0.4, 0.5) is 4.79 Å². The fourth-order valence-electron chi connectivity index (χ4n) is 2.30. The number of urea groups is 1. The summed E-state index contributed by atoms with van der Waals surface area (Å²) in [6, 6.07) is 5.34. The highest BCUT2D eigenvalue weighted by Gasteiger charge is 2.20. The minimum Gasteiger partial charge on any atom is -0.497 e. The van der Waals surface area contributed by atoms with E-state index in [0.717, 1.165) is 11.3 Å². The average Bonchev–Trinajstić information content (AvgIpc) is 2.54. The number of benzene rings is 1. The van der Waals surface area contributed by atoms with Gasteiger partial charge in [0.15, 0.2) is 0 Å². The summed E-state index contributed by atoms with van der Waals surface area (Å²) < 4.78 is 15.8. The molecule has 1 heterocycles. The summed E-state index contributed by atoms with van der Waals surface area (Å²) in [4.78, 5) is 14.0. The van der Waals surface area contributed by atoms with Crippen molar-refractivity contribution in [1.29, 1.82) is 0 Å². The molecule has 1 aliphatic rings. The summed E-state index contributed by atoms with van der Waals surface area (Å²) in [6.07, 6.45) is 0. The Morgan fingerprint density at radius 2 is 2.00 bits per heavy atom. The molecule has 1 N–H and O–H groups in total. The molecule has 1 atom stereocenters. The minimum absolute atomic E-state index is 0.0799. The number of nitrogens with one attached hydrogen (secondary N) is 1. The van der Waals surface area contributed by atoms with E-state index in [1.807, 2.05) is 25.1 Å². The van der Waals surface area contributed by atoms with E-state index in [1.165, 1.54) is 0 Å². The molecule has 21 heavy (non-hydrogen) atoms. The molecule has 1 aromatic rings. The van der Waals surface area contributed by atoms with E-state index in [9.17, 15) is 4.79 Å². The van der Waals surface area contributed by atoms with Gasteiger partial charge in [0.1, 0.15) is 11.5 Å². The van der Waals surface area contributed by atoms with Gasteiger partial charge >= 0.3 is 6.03 Å². The van der Waals surface area contributed by atoms with E-state index in [2.05, 4.69) is 5.32 Å². The van der Waals surface area contributed by atoms with Crippen LogP contribution < -0.4 is 14.8 Å². The van der Waals surface area contributed by atoms with Crippen LogP contribution in [0.5, 0.6) is 11.5 Å². The van der Waals surface area contributed by atoms with Crippen molar-refractivity contribution in [3.05, 3.63) is 23.8 Å². The summed E-state index contributed by atoms with van der Waals surface area (Å²) in [7, 11) is 3.22. The van der Waals surface area contributed by atoms with Crippen molar-refractivity contribution in [3.63, 3.8) is 0 Å². The van der Waals surface area contributed by atoms with Gasteiger partial charge in [-0.05, 0) is 19.1 Å². The van der Waals surface area contributed by atoms with Crippen LogP contribution in [0, 0.1) is 0 Å². The normalized spacial score (nSPS) is 16.2. The first-order valence-electron chi connectivity index (χ1n) is 7.01. The Balaban J connectivity index is 2.05. The summed E-state index contributed by atoms with van der Waals surface area (Å²) in [5.74, 6) is 1.42. The second kappa shape index (κ2) is 7.17. The molecule has 1 saturated heterocycles. The van der Waals surface area contributed by atoms with E-state index in [1.54, 1.807) is 19.1 Å². The number of rotatable bonds is 4. The van der Waals surface area contributed by atoms with Crippen LogP contribution >= 0.6 is 0 Å². The molecular weight excluding hydrogens is 272 g/mol. The van der Waals surface area contributed by atoms with Gasteiger partial charge in [0.25, 0.3) is 0 Å². The molecule has 1 unspecified atom stereocenters. The Bertz CT molecular complexity index is 487. The second-order valence-electron chi connectivity index (χ2n) is 4.88. The largest absolute Gasteiger partial charge is 0.497 e. The maximum Gasteiger partial charge on any atom is 0.318 e. The lowest BCUT2D eigenvalue weighted by atomic mass is 10.1. The van der Waals surface area contributed by atoms with Crippen molar-refractivity contribution in [3.8, 4) is 11.5 Å². The highest BCUT2D eigenvalue weighted by molar-refractivity contribution is 5.75. The monoisotopic (exact) mass is 294 g/mol. The maximum absolute atomic E-state index is 12.2. The lowest BCUT2D eigenvalue weighted by Crippen LogP contribution is -2.46. The van der Waals surface area contributed by atoms with Gasteiger partial charge in [-0.2, -0.15) is 0 Å². The van der Waals surface area contributed by atoms with E-state index in [-0.39, 0.29) is 12.1 Å². The molecule has 0 bridgehead atoms. The van der Waals surface area contributed by atoms with Crippen molar-refractivity contribution < 1.29 is 19.0 Å². The molecule has 6 nitrogen and oxygen atoms in total. The van der Waals surface area contributed by atoms with Gasteiger partial charge < -0.3 is 24.4 Å². The van der Waals surface area contributed by atoms with Gasteiger partial charge in [-0.1, -0.05) is 0 Å². The summed E-state index contributed by atoms with van der Waals surface area (Å²) in [5.41, 5.74) is 0.917. The zero-order chi connectivity index (χ0) is 15.2. The maximum atomic E-state index is 12.2. The number of nitrogens with zero attached hydrogens (tertiary/aromatic N) is 1. The summed E-state index contributed by atoms with van der Waals surface area (Å²) in [5, 5.41) is 2.99. The van der Waals surface area contributed by atoms with Gasteiger partial charge in [0.05, 0.1) is 33.5 Å². The smallest absolute Gasteiger partial charge is 0.318 e. The lowest BCUT2D eigenvalue weighted by Gasteiger charge is -2.28. The number of hydrogen-bond acceptors (Lipinski definition) is 4. The average molecular weight is 294 g/mol. The minimum atomic E-state index is -0.152. The molecule has 1 aromatic carbocycles. The second-order valence-corrected chi connectivity index (χ2v) is 4.88. The first kappa shape index (κ1) is 15.4. The standard InChI is InChI=1S/C15H22N2O4/c1-11(16-15(18)17-6-8-21-9-7-17)13-5-4-12(19-2)10-14(13)20-3/h4-5,10-11H,6-9H2,1-3H3,(H,16,18). The quantitative estimate of drug-likeness (QED) is 0.920. The molecule has 1 aliphatic heterocycles. The van der Waals surface area contributed by atoms with Crippen LogP contribution in [0.2, 0.25) is 0 Å². The van der Waals surface area contributed by atoms with Crippen molar-refractivity contribution >= 4 is 6.03 Å². The molecule has 0 saturated carbocycles. The highest BCUT2D eigenvalue weighted by atomic mass is 16.5. The highest BCUT2D eigenvalue weighted by Crippen LogP contribution is 2.29. The molecule has 0 radical (unpaired) electrons. The predicted octanol–water partition coefficient (Wildman–Crippen LogP) is 1.81. The fourth-order valence-corrected chi connectivity index (χ4v) is 2.30. The Morgan fingerprint density at radius 1 is 1.29 bits per heavy atom. The third-order valence-corrected chi connectivity index (χ3v) is 3.55. The summed E-state index contributed by atoms with van der Waals surface area (Å²) in [6.45, 7) is 4.36. The zero-order valence-corrected chi connectivity index (χ0v) is 12.7. The van der Waals surface area contributed by atoms with Gasteiger partial charge in [-0.15, -0.1) is 0 Å². The van der Waals surface area contributed by atoms with Crippen LogP contribution in [0.3, 0.4) is 0 Å². The number of morpholine rings is 1. The number of methoxy groups -OCH3 is 2. The van der Waals surface area contributed by atoms with Crippen LogP contribution in [0.25, 0.3) is 0 Å². The predicted molar refractivity (Wildman–Crippen MR) is 78.9 cm³/mol. The third kappa shape index (κ3) is 3.78. The van der Waals surface area contributed by atoms with Crippen molar-refractivity contribution in [2.45, 2.75) is 13.0 Å². The lowest BCUT2D eigenvalue weighted by molar-refractivity contribution is 0.0526. The zero-order valence-electron chi connectivity index (χ0n) is 12.7. The van der Waals surface area contributed by atoms with E-state index < -0.39 is 0 Å². The number of amides is 2. The third-order valence-electron chi connectivity index (χ3n) is 3.55. The van der Waals surface area contributed by atoms with Gasteiger partial charge in [-0.25, -0.2) is 4.79 Å². The molecule has 1 fully saturated rings. The van der Waals surface area contributed by atoms with E-state index in [0.29, 0.717) is 32.1 Å². The van der Waals surface area contributed by atoms with Crippen LogP contribution in [-0.2, 0) is 4.74 Å². The van der Waals surface area contributed by atoms with E-state index >= 15 is 0 Å². The fraction of sp³-hybridized carbons (Fsp3) is 0.533. The first-order valence-corrected chi connectivity index (χ1v) is 7.01. The molecule has 0 aliphatic carbocycles. The topological polar surface area (TPSA) is 60.0 Å². The van der Waals surface area contributed by atoms with Crippen molar-refractivity contribution in [1.82, 2.24) is 10.2 Å². The number of carbonyl (C=O) groups excluding carboxylic acids is 1. The Labute approximate surface area is 125 Å². The van der Waals surface area contributed by atoms with Gasteiger partial charge in [0.2, 0.25) is 0 Å². The van der Waals surface area contributed by atoms with Crippen molar-refractivity contribution in [2.24, 2.45) is 0 Å². The van der Waals surface area contributed by atoms with Crippen molar-refractivity contribution in [2.75, 3.05) is 40.5 Å². The molecule has 2 rings (SSSR count). The molecule has 2 amide bonds. The number of hydrogen-bond donors (Lipinski definition) is 1. The Hall–Kier alpha value is -1.95. The molecule has 116 valence electrons. The first-order chi connectivity index (χ1) is 10.2. The molecule has 0 spiro atoms. The van der Waals surface area contributed by atoms with E-state index in [4.69, 9.17) is 14.2 Å². The van der Waals surface area contributed by atoms with Gasteiger partial charge in [-0.3, -0.25) is 0 Å². The molecular formula is C15H22N2O4.